The minimum atomic E-state index is 0.867. The van der Waals surface area contributed by atoms with Crippen molar-refractivity contribution < 1.29 is 0 Å². The number of hydrogen-bond acceptors (Lipinski definition) is 5. The van der Waals surface area contributed by atoms with E-state index in [2.05, 4.69) is 26.3 Å². The molecule has 3 aromatic heterocycles. The highest BCUT2D eigenvalue weighted by atomic mass is 15.2. The average molecular weight is 293 g/mol. The lowest BCUT2D eigenvalue weighted by atomic mass is 10.1. The monoisotopic (exact) mass is 293 g/mol. The lowest BCUT2D eigenvalue weighted by Crippen LogP contribution is -2.30. The van der Waals surface area contributed by atoms with E-state index in [-0.39, 0.29) is 0 Å². The molecule has 6 nitrogen and oxygen atoms in total. The highest BCUT2D eigenvalue weighted by Gasteiger charge is 2.20. The van der Waals surface area contributed by atoms with Gasteiger partial charge in [-0.25, -0.2) is 15.0 Å². The van der Waals surface area contributed by atoms with Gasteiger partial charge in [0.1, 0.15) is 12.2 Å². The summed E-state index contributed by atoms with van der Waals surface area (Å²) in [5.74, 6) is 1.83. The molecular weight excluding hydrogens is 276 g/mol. The maximum atomic E-state index is 4.82. The van der Waals surface area contributed by atoms with Crippen LogP contribution < -0.4 is 4.90 Å². The van der Waals surface area contributed by atoms with Crippen LogP contribution in [0.15, 0.2) is 30.9 Å². The maximum absolute atomic E-state index is 4.82. The van der Waals surface area contributed by atoms with Crippen LogP contribution in [0.2, 0.25) is 0 Å². The van der Waals surface area contributed by atoms with Crippen molar-refractivity contribution in [3.63, 3.8) is 0 Å². The fourth-order valence-corrected chi connectivity index (χ4v) is 2.94. The summed E-state index contributed by atoms with van der Waals surface area (Å²) in [5.41, 5.74) is 2.78. The van der Waals surface area contributed by atoms with Gasteiger partial charge in [0.2, 0.25) is 0 Å². The Morgan fingerprint density at radius 1 is 1.05 bits per heavy atom. The number of rotatable bonds is 2. The summed E-state index contributed by atoms with van der Waals surface area (Å²) >= 11 is 0. The number of hydrogen-bond donors (Lipinski definition) is 0. The SMILES string of the molecule is Cn1c(-c2ccncc2)nc2c(N3CC[CH]CC3)ncnc21. The van der Waals surface area contributed by atoms with E-state index in [1.807, 2.05) is 23.7 Å². The number of pyridine rings is 1. The quantitative estimate of drug-likeness (QED) is 0.725. The number of aryl methyl sites for hydroxylation is 1. The molecule has 0 atom stereocenters. The lowest BCUT2D eigenvalue weighted by Gasteiger charge is -2.27. The van der Waals surface area contributed by atoms with Gasteiger partial charge in [-0.15, -0.1) is 0 Å². The van der Waals surface area contributed by atoms with Gasteiger partial charge in [-0.2, -0.15) is 0 Å². The van der Waals surface area contributed by atoms with E-state index in [1.165, 1.54) is 0 Å². The predicted molar refractivity (Wildman–Crippen MR) is 85.3 cm³/mol. The van der Waals surface area contributed by atoms with Crippen LogP contribution in [0.3, 0.4) is 0 Å². The molecule has 0 amide bonds. The molecule has 111 valence electrons. The number of imidazole rings is 1. The van der Waals surface area contributed by atoms with Gasteiger partial charge >= 0.3 is 0 Å². The highest BCUT2D eigenvalue weighted by molar-refractivity contribution is 5.86. The number of aromatic nitrogens is 5. The first-order valence-electron chi connectivity index (χ1n) is 7.49. The Labute approximate surface area is 128 Å². The first kappa shape index (κ1) is 13.2. The molecule has 1 aliphatic rings. The normalized spacial score (nSPS) is 15.4. The molecule has 1 radical (unpaired) electrons. The Balaban J connectivity index is 1.87. The van der Waals surface area contributed by atoms with E-state index in [0.717, 1.165) is 54.3 Å². The average Bonchev–Trinajstić information content (AvgIpc) is 2.94. The van der Waals surface area contributed by atoms with Gasteiger partial charge < -0.3 is 9.47 Å². The van der Waals surface area contributed by atoms with Crippen LogP contribution in [-0.2, 0) is 7.05 Å². The van der Waals surface area contributed by atoms with Crippen LogP contribution in [0, 0.1) is 6.42 Å². The topological polar surface area (TPSA) is 59.7 Å². The second-order valence-corrected chi connectivity index (χ2v) is 5.45. The van der Waals surface area contributed by atoms with Crippen molar-refractivity contribution in [1.29, 1.82) is 0 Å². The molecule has 0 N–H and O–H groups in total. The second-order valence-electron chi connectivity index (χ2n) is 5.45. The number of nitrogens with zero attached hydrogens (tertiary/aromatic N) is 6. The maximum Gasteiger partial charge on any atom is 0.165 e. The van der Waals surface area contributed by atoms with Crippen LogP contribution in [0.25, 0.3) is 22.6 Å². The summed E-state index contributed by atoms with van der Waals surface area (Å²) in [4.78, 5) is 20.1. The molecule has 0 unspecified atom stereocenters. The number of fused-ring (bicyclic) bond motifs is 1. The lowest BCUT2D eigenvalue weighted by molar-refractivity contribution is 0.672. The molecule has 4 rings (SSSR count). The third-order valence-electron chi connectivity index (χ3n) is 4.08. The molecule has 1 saturated heterocycles. The number of anilines is 1. The molecule has 0 saturated carbocycles. The van der Waals surface area contributed by atoms with Crippen molar-refractivity contribution in [2.45, 2.75) is 12.8 Å². The Morgan fingerprint density at radius 3 is 2.59 bits per heavy atom. The molecular formula is C16H17N6. The van der Waals surface area contributed by atoms with Crippen LogP contribution >= 0.6 is 0 Å². The van der Waals surface area contributed by atoms with Gasteiger partial charge in [0.15, 0.2) is 17.0 Å². The Kier molecular flexibility index (Phi) is 3.21. The molecule has 3 aromatic rings. The summed E-state index contributed by atoms with van der Waals surface area (Å²) < 4.78 is 2.02. The predicted octanol–water partition coefficient (Wildman–Crippen LogP) is 2.23. The van der Waals surface area contributed by atoms with Gasteiger partial charge in [-0.3, -0.25) is 4.98 Å². The van der Waals surface area contributed by atoms with Crippen molar-refractivity contribution in [3.8, 4) is 11.4 Å². The first-order chi connectivity index (χ1) is 10.8. The molecule has 6 heteroatoms. The van der Waals surface area contributed by atoms with Crippen molar-refractivity contribution in [1.82, 2.24) is 24.5 Å². The third kappa shape index (κ3) is 2.11. The largest absolute Gasteiger partial charge is 0.355 e. The molecule has 1 aliphatic heterocycles. The Bertz CT molecular complexity index is 789. The molecule has 4 heterocycles. The number of piperidine rings is 1. The van der Waals surface area contributed by atoms with E-state index in [4.69, 9.17) is 4.98 Å². The van der Waals surface area contributed by atoms with Gasteiger partial charge in [-0.05, 0) is 31.4 Å². The minimum Gasteiger partial charge on any atom is -0.355 e. The van der Waals surface area contributed by atoms with Crippen molar-refractivity contribution in [2.24, 2.45) is 7.05 Å². The van der Waals surface area contributed by atoms with Gasteiger partial charge in [0, 0.05) is 38.1 Å². The first-order valence-corrected chi connectivity index (χ1v) is 7.49. The van der Waals surface area contributed by atoms with E-state index < -0.39 is 0 Å². The second kappa shape index (κ2) is 5.36. The molecule has 0 bridgehead atoms. The van der Waals surface area contributed by atoms with Crippen LogP contribution in [0.4, 0.5) is 5.82 Å². The summed E-state index contributed by atoms with van der Waals surface area (Å²) in [7, 11) is 1.99. The van der Waals surface area contributed by atoms with Gasteiger partial charge in [-0.1, -0.05) is 0 Å². The fraction of sp³-hybridized carbons (Fsp3) is 0.312. The Hall–Kier alpha value is -2.50. The highest BCUT2D eigenvalue weighted by Crippen LogP contribution is 2.28. The molecule has 0 aliphatic carbocycles. The van der Waals surface area contributed by atoms with E-state index >= 15 is 0 Å². The van der Waals surface area contributed by atoms with E-state index in [9.17, 15) is 0 Å². The van der Waals surface area contributed by atoms with Crippen LogP contribution in [0.5, 0.6) is 0 Å². The molecule has 22 heavy (non-hydrogen) atoms. The van der Waals surface area contributed by atoms with Crippen molar-refractivity contribution in [3.05, 3.63) is 37.3 Å². The zero-order valence-corrected chi connectivity index (χ0v) is 12.5. The summed E-state index contributed by atoms with van der Waals surface area (Å²) in [5, 5.41) is 0. The standard InChI is InChI=1S/C16H17N6/c1-21-14(12-5-7-17-8-6-12)20-13-15(21)18-11-19-16(13)22-9-3-2-4-10-22/h2,5-8,11H,3-4,9-10H2,1H3. The van der Waals surface area contributed by atoms with Crippen molar-refractivity contribution >= 4 is 17.0 Å². The van der Waals surface area contributed by atoms with E-state index in [0.29, 0.717) is 0 Å². The van der Waals surface area contributed by atoms with E-state index in [1.54, 1.807) is 18.7 Å². The van der Waals surface area contributed by atoms with Gasteiger partial charge in [0.25, 0.3) is 0 Å². The Morgan fingerprint density at radius 2 is 1.82 bits per heavy atom. The minimum absolute atomic E-state index is 0.867. The zero-order valence-electron chi connectivity index (χ0n) is 12.5. The third-order valence-corrected chi connectivity index (χ3v) is 4.08. The summed E-state index contributed by atoms with van der Waals surface area (Å²) in [6, 6.07) is 3.92. The zero-order chi connectivity index (χ0) is 14.9. The van der Waals surface area contributed by atoms with Gasteiger partial charge in [0.05, 0.1) is 0 Å². The summed E-state index contributed by atoms with van der Waals surface area (Å²) in [6.45, 7) is 1.99. The fourth-order valence-electron chi connectivity index (χ4n) is 2.94. The van der Waals surface area contributed by atoms with Crippen LogP contribution in [0.1, 0.15) is 12.8 Å². The van der Waals surface area contributed by atoms with Crippen LogP contribution in [-0.4, -0.2) is 37.6 Å². The summed E-state index contributed by atoms with van der Waals surface area (Å²) in [6.07, 6.45) is 9.71. The molecule has 1 fully saturated rings. The molecule has 0 aromatic carbocycles. The van der Waals surface area contributed by atoms with Crippen molar-refractivity contribution in [2.75, 3.05) is 18.0 Å². The molecule has 0 spiro atoms. The smallest absolute Gasteiger partial charge is 0.165 e.